The molecule has 0 unspecified atom stereocenters. The van der Waals surface area contributed by atoms with Gasteiger partial charge in [-0.3, -0.25) is 4.79 Å². The van der Waals surface area contributed by atoms with E-state index in [1.54, 1.807) is 4.90 Å². The summed E-state index contributed by atoms with van der Waals surface area (Å²) < 4.78 is 11.6. The zero-order chi connectivity index (χ0) is 13.0. The van der Waals surface area contributed by atoms with Crippen LogP contribution in [0.5, 0.6) is 5.75 Å². The molecule has 0 bridgehead atoms. The standard InChI is InChI=1S/C12H15BrN2O3/c13-9-1-2-11-10(7-9)15(12(16)8-18-11)4-6-17-5-3-14/h1-2,7H,3-6,8,14H2. The second-order valence-electron chi connectivity index (χ2n) is 3.85. The molecular formula is C12H15BrN2O3. The van der Waals surface area contributed by atoms with Crippen molar-refractivity contribution in [2.75, 3.05) is 37.8 Å². The Morgan fingerprint density at radius 3 is 3.06 bits per heavy atom. The van der Waals surface area contributed by atoms with Crippen LogP contribution in [0.3, 0.4) is 0 Å². The first-order chi connectivity index (χ1) is 8.72. The van der Waals surface area contributed by atoms with Crippen molar-refractivity contribution in [3.8, 4) is 5.75 Å². The number of nitrogens with two attached hydrogens (primary N) is 1. The highest BCUT2D eigenvalue weighted by Crippen LogP contribution is 2.34. The lowest BCUT2D eigenvalue weighted by Gasteiger charge is -2.29. The predicted octanol–water partition coefficient (Wildman–Crippen LogP) is 1.15. The number of hydrogen-bond acceptors (Lipinski definition) is 4. The van der Waals surface area contributed by atoms with Crippen LogP contribution in [-0.2, 0) is 9.53 Å². The molecule has 1 aromatic rings. The van der Waals surface area contributed by atoms with Gasteiger partial charge in [-0.1, -0.05) is 15.9 Å². The van der Waals surface area contributed by atoms with Gasteiger partial charge in [-0.2, -0.15) is 0 Å². The number of fused-ring (bicyclic) bond motifs is 1. The molecule has 6 heteroatoms. The zero-order valence-electron chi connectivity index (χ0n) is 9.89. The SMILES string of the molecule is NCCOCCN1C(=O)COc2ccc(Br)cc21. The molecule has 1 aliphatic heterocycles. The Labute approximate surface area is 114 Å². The Balaban J connectivity index is 2.09. The number of carbonyl (C=O) groups is 1. The Hall–Kier alpha value is -1.11. The number of hydrogen-bond donors (Lipinski definition) is 1. The molecule has 2 N–H and O–H groups in total. The van der Waals surface area contributed by atoms with Crippen LogP contribution in [0.1, 0.15) is 0 Å². The van der Waals surface area contributed by atoms with Gasteiger partial charge >= 0.3 is 0 Å². The molecule has 0 aromatic heterocycles. The molecular weight excluding hydrogens is 300 g/mol. The number of anilines is 1. The lowest BCUT2D eigenvalue weighted by molar-refractivity contribution is -0.121. The van der Waals surface area contributed by atoms with Crippen LogP contribution < -0.4 is 15.4 Å². The minimum Gasteiger partial charge on any atom is -0.482 e. The summed E-state index contributed by atoms with van der Waals surface area (Å²) >= 11 is 3.39. The molecule has 0 aliphatic carbocycles. The molecule has 1 aromatic carbocycles. The van der Waals surface area contributed by atoms with Crippen LogP contribution in [0, 0.1) is 0 Å². The first-order valence-electron chi connectivity index (χ1n) is 5.73. The molecule has 0 saturated heterocycles. The van der Waals surface area contributed by atoms with Crippen molar-refractivity contribution in [3.05, 3.63) is 22.7 Å². The molecule has 1 aliphatic rings. The summed E-state index contributed by atoms with van der Waals surface area (Å²) in [5.41, 5.74) is 6.11. The van der Waals surface area contributed by atoms with Gasteiger partial charge in [0.25, 0.3) is 5.91 Å². The Morgan fingerprint density at radius 2 is 2.28 bits per heavy atom. The van der Waals surface area contributed by atoms with Crippen molar-refractivity contribution in [2.45, 2.75) is 0 Å². The van der Waals surface area contributed by atoms with E-state index in [4.69, 9.17) is 15.2 Å². The molecule has 0 saturated carbocycles. The predicted molar refractivity (Wildman–Crippen MR) is 71.9 cm³/mol. The summed E-state index contributed by atoms with van der Waals surface area (Å²) in [7, 11) is 0. The van der Waals surface area contributed by atoms with E-state index in [-0.39, 0.29) is 12.5 Å². The second kappa shape index (κ2) is 6.17. The summed E-state index contributed by atoms with van der Waals surface area (Å²) in [5.74, 6) is 0.661. The Morgan fingerprint density at radius 1 is 1.44 bits per heavy atom. The molecule has 0 radical (unpaired) electrons. The molecule has 0 atom stereocenters. The van der Waals surface area contributed by atoms with Crippen LogP contribution in [0.25, 0.3) is 0 Å². The molecule has 2 rings (SSSR count). The lowest BCUT2D eigenvalue weighted by Crippen LogP contribution is -2.40. The van der Waals surface area contributed by atoms with E-state index in [0.29, 0.717) is 26.3 Å². The van der Waals surface area contributed by atoms with Crippen molar-refractivity contribution in [1.29, 1.82) is 0 Å². The van der Waals surface area contributed by atoms with Crippen LogP contribution in [0.4, 0.5) is 5.69 Å². The Bertz CT molecular complexity index is 439. The summed E-state index contributed by atoms with van der Waals surface area (Å²) in [5, 5.41) is 0. The third-order valence-electron chi connectivity index (χ3n) is 2.59. The third-order valence-corrected chi connectivity index (χ3v) is 3.08. The topological polar surface area (TPSA) is 64.8 Å². The quantitative estimate of drug-likeness (QED) is 0.828. The average molecular weight is 315 g/mol. The van der Waals surface area contributed by atoms with Crippen LogP contribution in [0.15, 0.2) is 22.7 Å². The molecule has 0 fully saturated rings. The van der Waals surface area contributed by atoms with Gasteiger partial charge in [0, 0.05) is 17.6 Å². The van der Waals surface area contributed by atoms with Crippen molar-refractivity contribution in [1.82, 2.24) is 0 Å². The number of carbonyl (C=O) groups excluding carboxylic acids is 1. The minimum absolute atomic E-state index is 0.0584. The smallest absolute Gasteiger partial charge is 0.265 e. The maximum absolute atomic E-state index is 11.8. The van der Waals surface area contributed by atoms with Gasteiger partial charge in [0.15, 0.2) is 6.61 Å². The van der Waals surface area contributed by atoms with Gasteiger partial charge in [0.1, 0.15) is 5.75 Å². The van der Waals surface area contributed by atoms with Gasteiger partial charge in [-0.25, -0.2) is 0 Å². The average Bonchev–Trinajstić information content (AvgIpc) is 2.36. The Kier molecular flexibility index (Phi) is 4.57. The maximum atomic E-state index is 11.8. The molecule has 5 nitrogen and oxygen atoms in total. The highest BCUT2D eigenvalue weighted by atomic mass is 79.9. The fourth-order valence-electron chi connectivity index (χ4n) is 1.76. The van der Waals surface area contributed by atoms with Crippen molar-refractivity contribution in [3.63, 3.8) is 0 Å². The number of ether oxygens (including phenoxy) is 2. The van der Waals surface area contributed by atoms with Gasteiger partial charge in [0.2, 0.25) is 0 Å². The molecule has 0 spiro atoms. The monoisotopic (exact) mass is 314 g/mol. The highest BCUT2D eigenvalue weighted by Gasteiger charge is 2.25. The van der Waals surface area contributed by atoms with E-state index < -0.39 is 0 Å². The van der Waals surface area contributed by atoms with Gasteiger partial charge in [0.05, 0.1) is 18.9 Å². The van der Waals surface area contributed by atoms with E-state index >= 15 is 0 Å². The summed E-state index contributed by atoms with van der Waals surface area (Å²) in [6.07, 6.45) is 0. The van der Waals surface area contributed by atoms with Crippen LogP contribution >= 0.6 is 15.9 Å². The van der Waals surface area contributed by atoms with Crippen LogP contribution in [0.2, 0.25) is 0 Å². The first kappa shape index (κ1) is 13.3. The number of amides is 1. The zero-order valence-corrected chi connectivity index (χ0v) is 11.5. The number of rotatable bonds is 5. The first-order valence-corrected chi connectivity index (χ1v) is 6.52. The number of benzene rings is 1. The van der Waals surface area contributed by atoms with E-state index in [9.17, 15) is 4.79 Å². The molecule has 1 heterocycles. The van der Waals surface area contributed by atoms with Gasteiger partial charge in [-0.15, -0.1) is 0 Å². The number of halogens is 1. The van der Waals surface area contributed by atoms with E-state index in [0.717, 1.165) is 15.9 Å². The maximum Gasteiger partial charge on any atom is 0.265 e. The second-order valence-corrected chi connectivity index (χ2v) is 4.76. The summed E-state index contributed by atoms with van der Waals surface area (Å²) in [6, 6.07) is 5.60. The summed E-state index contributed by atoms with van der Waals surface area (Å²) in [4.78, 5) is 13.5. The molecule has 18 heavy (non-hydrogen) atoms. The molecule has 98 valence electrons. The van der Waals surface area contributed by atoms with Gasteiger partial charge in [-0.05, 0) is 18.2 Å². The van der Waals surface area contributed by atoms with E-state index in [1.807, 2.05) is 18.2 Å². The number of nitrogens with zero attached hydrogens (tertiary/aromatic N) is 1. The fourth-order valence-corrected chi connectivity index (χ4v) is 2.11. The largest absolute Gasteiger partial charge is 0.482 e. The van der Waals surface area contributed by atoms with Gasteiger partial charge < -0.3 is 20.1 Å². The summed E-state index contributed by atoms with van der Waals surface area (Å²) in [6.45, 7) is 2.04. The lowest BCUT2D eigenvalue weighted by atomic mass is 10.2. The van der Waals surface area contributed by atoms with Crippen LogP contribution in [-0.4, -0.2) is 38.8 Å². The molecule has 1 amide bonds. The fraction of sp³-hybridized carbons (Fsp3) is 0.417. The van der Waals surface area contributed by atoms with E-state index in [1.165, 1.54) is 0 Å². The van der Waals surface area contributed by atoms with Crippen molar-refractivity contribution in [2.24, 2.45) is 5.73 Å². The normalized spacial score (nSPS) is 14.3. The van der Waals surface area contributed by atoms with E-state index in [2.05, 4.69) is 15.9 Å². The van der Waals surface area contributed by atoms with Crippen molar-refractivity contribution >= 4 is 27.5 Å². The highest BCUT2D eigenvalue weighted by molar-refractivity contribution is 9.10. The minimum atomic E-state index is -0.0584. The third kappa shape index (κ3) is 3.01. The van der Waals surface area contributed by atoms with Crippen molar-refractivity contribution < 1.29 is 14.3 Å².